The quantitative estimate of drug-likeness (QED) is 0.269. The first-order valence-corrected chi connectivity index (χ1v) is 14.0. The molecule has 3 fully saturated rings. The summed E-state index contributed by atoms with van der Waals surface area (Å²) < 4.78 is 0. The van der Waals surface area contributed by atoms with E-state index in [1.54, 1.807) is 6.20 Å². The summed E-state index contributed by atoms with van der Waals surface area (Å²) in [5.41, 5.74) is 7.75. The van der Waals surface area contributed by atoms with Crippen LogP contribution in [0.25, 0.3) is 0 Å². The summed E-state index contributed by atoms with van der Waals surface area (Å²) in [7, 11) is 0. The SMILES string of the molecule is C/C(=C\N)CC1(C(=O)N(C=NCNc2ccc(N3CCNCC3)cn2)C2CCCC2)CCCCCC1. The molecule has 0 spiro atoms. The molecule has 8 nitrogen and oxygen atoms in total. The number of carbonyl (C=O) groups is 1. The highest BCUT2D eigenvalue weighted by Crippen LogP contribution is 2.43. The van der Waals surface area contributed by atoms with Crippen LogP contribution in [0.1, 0.15) is 77.6 Å². The maximum Gasteiger partial charge on any atom is 0.234 e. The highest BCUT2D eigenvalue weighted by molar-refractivity contribution is 5.92. The average molecular weight is 496 g/mol. The van der Waals surface area contributed by atoms with E-state index in [9.17, 15) is 4.79 Å². The fourth-order valence-electron chi connectivity index (χ4n) is 6.09. The molecule has 1 aliphatic heterocycles. The van der Waals surface area contributed by atoms with Gasteiger partial charge in [0.2, 0.25) is 5.91 Å². The lowest BCUT2D eigenvalue weighted by molar-refractivity contribution is -0.140. The average Bonchev–Trinajstić information content (AvgIpc) is 3.35. The Hall–Kier alpha value is -2.61. The van der Waals surface area contributed by atoms with Gasteiger partial charge in [-0.3, -0.25) is 14.7 Å². The Morgan fingerprint density at radius 2 is 1.92 bits per heavy atom. The number of aliphatic imine (C=N–C) groups is 1. The van der Waals surface area contributed by atoms with Crippen LogP contribution >= 0.6 is 0 Å². The van der Waals surface area contributed by atoms with Crippen molar-refractivity contribution in [3.63, 3.8) is 0 Å². The Kier molecular flexibility index (Phi) is 9.61. The smallest absolute Gasteiger partial charge is 0.234 e. The molecule has 0 atom stereocenters. The molecule has 36 heavy (non-hydrogen) atoms. The number of rotatable bonds is 9. The number of nitrogens with zero attached hydrogens (tertiary/aromatic N) is 4. The van der Waals surface area contributed by atoms with Crippen molar-refractivity contribution in [1.29, 1.82) is 0 Å². The fourth-order valence-corrected chi connectivity index (χ4v) is 6.09. The summed E-state index contributed by atoms with van der Waals surface area (Å²) in [4.78, 5) is 27.8. The number of anilines is 2. The number of nitrogens with two attached hydrogens (primary N) is 1. The molecule has 1 saturated heterocycles. The number of amides is 1. The zero-order valence-corrected chi connectivity index (χ0v) is 22.1. The summed E-state index contributed by atoms with van der Waals surface area (Å²) in [5, 5.41) is 6.68. The van der Waals surface area contributed by atoms with Crippen molar-refractivity contribution in [1.82, 2.24) is 15.2 Å². The molecule has 0 bridgehead atoms. The lowest BCUT2D eigenvalue weighted by Gasteiger charge is -2.38. The molecule has 8 heteroatoms. The normalized spacial score (nSPS) is 21.5. The number of hydrogen-bond donors (Lipinski definition) is 3. The number of hydrogen-bond acceptors (Lipinski definition) is 7. The minimum atomic E-state index is -0.361. The van der Waals surface area contributed by atoms with Crippen LogP contribution in [-0.2, 0) is 4.79 Å². The fraction of sp³-hybridized carbons (Fsp3) is 0.679. The molecule has 1 aromatic heterocycles. The van der Waals surface area contributed by atoms with E-state index in [0.29, 0.717) is 6.67 Å². The summed E-state index contributed by atoms with van der Waals surface area (Å²) >= 11 is 0. The van der Waals surface area contributed by atoms with Gasteiger partial charge in [-0.15, -0.1) is 0 Å². The van der Waals surface area contributed by atoms with Gasteiger partial charge in [-0.25, -0.2) is 4.98 Å². The molecular weight excluding hydrogens is 450 g/mol. The van der Waals surface area contributed by atoms with Crippen LogP contribution in [0.3, 0.4) is 0 Å². The Morgan fingerprint density at radius 3 is 2.56 bits per heavy atom. The molecule has 2 heterocycles. The van der Waals surface area contributed by atoms with Crippen molar-refractivity contribution in [2.75, 3.05) is 43.1 Å². The van der Waals surface area contributed by atoms with Gasteiger partial charge in [-0.05, 0) is 57.4 Å². The number of pyridine rings is 1. The summed E-state index contributed by atoms with van der Waals surface area (Å²) in [6.45, 7) is 6.48. The zero-order valence-electron chi connectivity index (χ0n) is 22.1. The van der Waals surface area contributed by atoms with Crippen LogP contribution in [0.2, 0.25) is 0 Å². The van der Waals surface area contributed by atoms with E-state index >= 15 is 0 Å². The molecule has 0 unspecified atom stereocenters. The van der Waals surface area contributed by atoms with Crippen molar-refractivity contribution < 1.29 is 4.79 Å². The Labute approximate surface area is 216 Å². The van der Waals surface area contributed by atoms with Crippen LogP contribution in [0.15, 0.2) is 35.1 Å². The first kappa shape index (κ1) is 26.5. The second kappa shape index (κ2) is 13.1. The highest BCUT2D eigenvalue weighted by Gasteiger charge is 2.43. The number of nitrogens with one attached hydrogen (secondary N) is 2. The number of carbonyl (C=O) groups excluding carboxylic acids is 1. The lowest BCUT2D eigenvalue weighted by atomic mass is 9.74. The van der Waals surface area contributed by atoms with E-state index < -0.39 is 0 Å². The second-order valence-corrected chi connectivity index (χ2v) is 10.8. The maximum atomic E-state index is 14.2. The predicted molar refractivity (Wildman–Crippen MR) is 148 cm³/mol. The van der Waals surface area contributed by atoms with Crippen LogP contribution in [0.4, 0.5) is 11.5 Å². The van der Waals surface area contributed by atoms with E-state index in [1.807, 2.05) is 23.5 Å². The molecule has 4 N–H and O–H groups in total. The van der Waals surface area contributed by atoms with Crippen molar-refractivity contribution in [3.05, 3.63) is 30.1 Å². The molecule has 3 aliphatic rings. The number of piperazine rings is 1. The minimum absolute atomic E-state index is 0.250. The minimum Gasteiger partial charge on any atom is -0.405 e. The standard InChI is InChI=1S/C28H45N7O/c1-23(19-29)18-28(12-6-2-3-7-13-28)27(36)35(24-8-4-5-9-24)22-31-21-33-26-11-10-25(20-32-26)34-16-14-30-15-17-34/h10-11,19-20,22,24,30H,2-9,12-18,21,29H2,1H3,(H,32,33)/b23-19+,31-22?. The van der Waals surface area contributed by atoms with Crippen LogP contribution < -0.4 is 21.3 Å². The third-order valence-electron chi connectivity index (χ3n) is 8.16. The third kappa shape index (κ3) is 6.78. The lowest BCUT2D eigenvalue weighted by Crippen LogP contribution is -2.47. The summed E-state index contributed by atoms with van der Waals surface area (Å²) in [6, 6.07) is 4.37. The molecule has 1 amide bonds. The van der Waals surface area contributed by atoms with E-state index in [4.69, 9.17) is 5.73 Å². The van der Waals surface area contributed by atoms with Gasteiger partial charge in [0.15, 0.2) is 0 Å². The molecule has 198 valence electrons. The molecule has 4 rings (SSSR count). The van der Waals surface area contributed by atoms with Crippen LogP contribution in [-0.4, -0.2) is 61.0 Å². The Balaban J connectivity index is 1.42. The van der Waals surface area contributed by atoms with Crippen molar-refractivity contribution in [3.8, 4) is 0 Å². The van der Waals surface area contributed by atoms with Gasteiger partial charge in [0, 0.05) is 32.2 Å². The first-order valence-electron chi connectivity index (χ1n) is 14.0. The van der Waals surface area contributed by atoms with Crippen LogP contribution in [0, 0.1) is 5.41 Å². The Bertz CT molecular complexity index is 878. The van der Waals surface area contributed by atoms with E-state index in [-0.39, 0.29) is 17.4 Å². The van der Waals surface area contributed by atoms with Gasteiger partial charge in [-0.1, -0.05) is 44.1 Å². The number of aromatic nitrogens is 1. The molecule has 2 saturated carbocycles. The Morgan fingerprint density at radius 1 is 1.19 bits per heavy atom. The van der Waals surface area contributed by atoms with Gasteiger partial charge in [-0.2, -0.15) is 0 Å². The molecule has 2 aliphatic carbocycles. The van der Waals surface area contributed by atoms with Gasteiger partial charge < -0.3 is 21.3 Å². The molecular formula is C28H45N7O. The predicted octanol–water partition coefficient (Wildman–Crippen LogP) is 4.25. The molecule has 0 radical (unpaired) electrons. The van der Waals surface area contributed by atoms with Crippen LogP contribution in [0.5, 0.6) is 0 Å². The largest absolute Gasteiger partial charge is 0.405 e. The molecule has 0 aromatic carbocycles. The second-order valence-electron chi connectivity index (χ2n) is 10.8. The zero-order chi connectivity index (χ0) is 25.2. The molecule has 1 aromatic rings. The van der Waals surface area contributed by atoms with Crippen molar-refractivity contribution >= 4 is 23.8 Å². The van der Waals surface area contributed by atoms with E-state index in [2.05, 4.69) is 38.5 Å². The number of allylic oxidation sites excluding steroid dienone is 1. The van der Waals surface area contributed by atoms with Gasteiger partial charge >= 0.3 is 0 Å². The van der Waals surface area contributed by atoms with Crippen molar-refractivity contribution in [2.24, 2.45) is 16.1 Å². The monoisotopic (exact) mass is 495 g/mol. The third-order valence-corrected chi connectivity index (χ3v) is 8.16. The summed E-state index contributed by atoms with van der Waals surface area (Å²) in [6.07, 6.45) is 17.2. The van der Waals surface area contributed by atoms with E-state index in [1.165, 1.54) is 25.7 Å². The van der Waals surface area contributed by atoms with Gasteiger partial charge in [0.05, 0.1) is 23.6 Å². The topological polar surface area (TPSA) is 98.9 Å². The highest BCUT2D eigenvalue weighted by atomic mass is 16.2. The van der Waals surface area contributed by atoms with Gasteiger partial charge in [0.25, 0.3) is 0 Å². The van der Waals surface area contributed by atoms with Gasteiger partial charge in [0.1, 0.15) is 12.5 Å². The van der Waals surface area contributed by atoms with Crippen molar-refractivity contribution in [2.45, 2.75) is 83.6 Å². The summed E-state index contributed by atoms with van der Waals surface area (Å²) in [5.74, 6) is 1.05. The maximum absolute atomic E-state index is 14.2. The first-order chi connectivity index (χ1) is 17.6. The van der Waals surface area contributed by atoms with E-state index in [0.717, 1.165) is 88.2 Å².